The summed E-state index contributed by atoms with van der Waals surface area (Å²) in [7, 11) is 0. The van der Waals surface area contributed by atoms with Crippen LogP contribution < -0.4 is 5.32 Å². The van der Waals surface area contributed by atoms with Gasteiger partial charge in [0, 0.05) is 6.54 Å². The van der Waals surface area contributed by atoms with E-state index in [-0.39, 0.29) is 6.23 Å². The van der Waals surface area contributed by atoms with Crippen molar-refractivity contribution in [2.45, 2.75) is 32.6 Å². The second kappa shape index (κ2) is 5.29. The van der Waals surface area contributed by atoms with Gasteiger partial charge in [0.1, 0.15) is 6.23 Å². The SMILES string of the molecule is CC1CCC(OCc2ccccc2)NC1. The Morgan fingerprint density at radius 1 is 1.27 bits per heavy atom. The highest BCUT2D eigenvalue weighted by Gasteiger charge is 2.17. The Kier molecular flexibility index (Phi) is 3.75. The molecule has 0 radical (unpaired) electrons. The molecule has 82 valence electrons. The smallest absolute Gasteiger partial charge is 0.108 e. The maximum Gasteiger partial charge on any atom is 0.108 e. The second-order valence-corrected chi connectivity index (χ2v) is 4.38. The van der Waals surface area contributed by atoms with Crippen LogP contribution in [0.5, 0.6) is 0 Å². The van der Waals surface area contributed by atoms with E-state index in [1.165, 1.54) is 12.0 Å². The van der Waals surface area contributed by atoms with E-state index in [1.807, 2.05) is 6.07 Å². The Bertz CT molecular complexity index is 278. The van der Waals surface area contributed by atoms with Crippen molar-refractivity contribution in [3.8, 4) is 0 Å². The van der Waals surface area contributed by atoms with Gasteiger partial charge < -0.3 is 4.74 Å². The van der Waals surface area contributed by atoms with Gasteiger partial charge in [0.25, 0.3) is 0 Å². The zero-order chi connectivity index (χ0) is 10.5. The summed E-state index contributed by atoms with van der Waals surface area (Å²) in [6, 6.07) is 10.3. The van der Waals surface area contributed by atoms with Crippen LogP contribution in [0.25, 0.3) is 0 Å². The molecule has 2 heteroatoms. The number of nitrogens with one attached hydrogen (secondary N) is 1. The molecule has 1 aromatic rings. The fourth-order valence-electron chi connectivity index (χ4n) is 1.89. The standard InChI is InChI=1S/C13H19NO/c1-11-7-8-13(14-9-11)15-10-12-5-3-2-4-6-12/h2-6,11,13-14H,7-10H2,1H3. The summed E-state index contributed by atoms with van der Waals surface area (Å²) < 4.78 is 5.81. The van der Waals surface area contributed by atoms with E-state index in [0.717, 1.165) is 18.9 Å². The third-order valence-corrected chi connectivity index (χ3v) is 2.91. The van der Waals surface area contributed by atoms with Crippen molar-refractivity contribution in [3.05, 3.63) is 35.9 Å². The molecule has 1 saturated heterocycles. The van der Waals surface area contributed by atoms with E-state index in [1.54, 1.807) is 0 Å². The Labute approximate surface area is 91.6 Å². The number of benzene rings is 1. The summed E-state index contributed by atoms with van der Waals surface area (Å²) >= 11 is 0. The van der Waals surface area contributed by atoms with Crippen molar-refractivity contribution in [2.75, 3.05) is 6.54 Å². The lowest BCUT2D eigenvalue weighted by atomic mass is 10.0. The molecule has 2 unspecified atom stereocenters. The van der Waals surface area contributed by atoms with Gasteiger partial charge in [-0.15, -0.1) is 0 Å². The van der Waals surface area contributed by atoms with Gasteiger partial charge in [-0.3, -0.25) is 5.32 Å². The Balaban J connectivity index is 1.74. The molecular formula is C13H19NO. The molecule has 0 saturated carbocycles. The van der Waals surface area contributed by atoms with Crippen LogP contribution in [-0.4, -0.2) is 12.8 Å². The summed E-state index contributed by atoms with van der Waals surface area (Å²) in [5, 5.41) is 3.42. The molecule has 0 bridgehead atoms. The molecule has 2 nitrogen and oxygen atoms in total. The molecule has 1 aliphatic rings. The lowest BCUT2D eigenvalue weighted by molar-refractivity contribution is -0.00648. The fourth-order valence-corrected chi connectivity index (χ4v) is 1.89. The maximum atomic E-state index is 5.81. The predicted octanol–water partition coefficient (Wildman–Crippen LogP) is 2.55. The van der Waals surface area contributed by atoms with Crippen LogP contribution >= 0.6 is 0 Å². The first-order valence-corrected chi connectivity index (χ1v) is 5.73. The summed E-state index contributed by atoms with van der Waals surface area (Å²) in [4.78, 5) is 0. The van der Waals surface area contributed by atoms with E-state index in [9.17, 15) is 0 Å². The largest absolute Gasteiger partial charge is 0.359 e. The number of piperidine rings is 1. The van der Waals surface area contributed by atoms with Gasteiger partial charge in [0.15, 0.2) is 0 Å². The van der Waals surface area contributed by atoms with Crippen LogP contribution in [0.3, 0.4) is 0 Å². The third kappa shape index (κ3) is 3.33. The van der Waals surface area contributed by atoms with Gasteiger partial charge in [-0.05, 0) is 24.3 Å². The lowest BCUT2D eigenvalue weighted by Crippen LogP contribution is -2.39. The van der Waals surface area contributed by atoms with Gasteiger partial charge in [-0.2, -0.15) is 0 Å². The normalized spacial score (nSPS) is 26.5. The zero-order valence-corrected chi connectivity index (χ0v) is 9.28. The molecule has 0 amide bonds. The monoisotopic (exact) mass is 205 g/mol. The van der Waals surface area contributed by atoms with Crippen molar-refractivity contribution in [3.63, 3.8) is 0 Å². The summed E-state index contributed by atoms with van der Waals surface area (Å²) in [6.45, 7) is 4.08. The summed E-state index contributed by atoms with van der Waals surface area (Å²) in [5.74, 6) is 0.793. The molecule has 0 spiro atoms. The van der Waals surface area contributed by atoms with Crippen LogP contribution in [-0.2, 0) is 11.3 Å². The minimum absolute atomic E-state index is 0.251. The molecule has 1 fully saturated rings. The Morgan fingerprint density at radius 3 is 2.73 bits per heavy atom. The average molecular weight is 205 g/mol. The highest BCUT2D eigenvalue weighted by molar-refractivity contribution is 5.13. The Morgan fingerprint density at radius 2 is 2.07 bits per heavy atom. The molecule has 1 heterocycles. The first kappa shape index (κ1) is 10.7. The molecule has 0 aromatic heterocycles. The average Bonchev–Trinajstić information content (AvgIpc) is 2.30. The van der Waals surface area contributed by atoms with Crippen molar-refractivity contribution < 1.29 is 4.74 Å². The zero-order valence-electron chi connectivity index (χ0n) is 9.28. The topological polar surface area (TPSA) is 21.3 Å². The van der Waals surface area contributed by atoms with Crippen LogP contribution in [0.1, 0.15) is 25.3 Å². The summed E-state index contributed by atoms with van der Waals surface area (Å²) in [5.41, 5.74) is 1.25. The predicted molar refractivity (Wildman–Crippen MR) is 61.4 cm³/mol. The van der Waals surface area contributed by atoms with Gasteiger partial charge >= 0.3 is 0 Å². The highest BCUT2D eigenvalue weighted by Crippen LogP contribution is 2.15. The number of hydrogen-bond donors (Lipinski definition) is 1. The molecule has 2 atom stereocenters. The van der Waals surface area contributed by atoms with Crippen molar-refractivity contribution in [1.29, 1.82) is 0 Å². The van der Waals surface area contributed by atoms with E-state index < -0.39 is 0 Å². The first-order valence-electron chi connectivity index (χ1n) is 5.73. The number of hydrogen-bond acceptors (Lipinski definition) is 2. The van der Waals surface area contributed by atoms with Gasteiger partial charge in [-0.25, -0.2) is 0 Å². The van der Waals surface area contributed by atoms with Crippen LogP contribution in [0.15, 0.2) is 30.3 Å². The molecule has 1 aliphatic heterocycles. The molecular weight excluding hydrogens is 186 g/mol. The minimum Gasteiger partial charge on any atom is -0.359 e. The fraction of sp³-hybridized carbons (Fsp3) is 0.538. The molecule has 0 aliphatic carbocycles. The van der Waals surface area contributed by atoms with Gasteiger partial charge in [0.2, 0.25) is 0 Å². The Hall–Kier alpha value is -0.860. The van der Waals surface area contributed by atoms with Crippen molar-refractivity contribution >= 4 is 0 Å². The molecule has 1 N–H and O–H groups in total. The number of ether oxygens (including phenoxy) is 1. The summed E-state index contributed by atoms with van der Waals surface area (Å²) in [6.07, 6.45) is 2.65. The molecule has 1 aromatic carbocycles. The third-order valence-electron chi connectivity index (χ3n) is 2.91. The molecule has 15 heavy (non-hydrogen) atoms. The minimum atomic E-state index is 0.251. The highest BCUT2D eigenvalue weighted by atomic mass is 16.5. The van der Waals surface area contributed by atoms with Crippen LogP contribution in [0.2, 0.25) is 0 Å². The van der Waals surface area contributed by atoms with E-state index in [0.29, 0.717) is 6.61 Å². The lowest BCUT2D eigenvalue weighted by Gasteiger charge is -2.27. The van der Waals surface area contributed by atoms with Crippen LogP contribution in [0, 0.1) is 5.92 Å². The second-order valence-electron chi connectivity index (χ2n) is 4.38. The van der Waals surface area contributed by atoms with Gasteiger partial charge in [-0.1, -0.05) is 37.3 Å². The first-order chi connectivity index (χ1) is 7.34. The van der Waals surface area contributed by atoms with E-state index >= 15 is 0 Å². The van der Waals surface area contributed by atoms with E-state index in [2.05, 4.69) is 36.5 Å². The van der Waals surface area contributed by atoms with Crippen molar-refractivity contribution in [2.24, 2.45) is 5.92 Å². The molecule has 2 rings (SSSR count). The van der Waals surface area contributed by atoms with Crippen LogP contribution in [0.4, 0.5) is 0 Å². The van der Waals surface area contributed by atoms with E-state index in [4.69, 9.17) is 4.74 Å². The quantitative estimate of drug-likeness (QED) is 0.818. The van der Waals surface area contributed by atoms with Gasteiger partial charge in [0.05, 0.1) is 6.61 Å². The van der Waals surface area contributed by atoms with Crippen molar-refractivity contribution in [1.82, 2.24) is 5.32 Å². The number of rotatable bonds is 3. The maximum absolute atomic E-state index is 5.81.